The van der Waals surface area contributed by atoms with E-state index in [4.69, 9.17) is 12.2 Å². The average Bonchev–Trinajstić information content (AvgIpc) is 3.99. The van der Waals surface area contributed by atoms with Gasteiger partial charge in [-0.05, 0) is 49.7 Å². The fourth-order valence-corrected chi connectivity index (χ4v) is 12.0. The third-order valence-corrected chi connectivity index (χ3v) is 16.6. The Balaban J connectivity index is 0.0000112. The molecule has 0 aliphatic carbocycles. The molecule has 5 heterocycles. The van der Waals surface area contributed by atoms with Crippen LogP contribution in [0.2, 0.25) is 0 Å². The number of primary amides is 1. The maximum absolute atomic E-state index is 14.9. The number of phenols is 1. The van der Waals surface area contributed by atoms with Gasteiger partial charge in [0.2, 0.25) is 46.4 Å². The molecule has 2 bridgehead atoms. The lowest BCUT2D eigenvalue weighted by Gasteiger charge is -2.34. The number of piperidine rings is 1. The van der Waals surface area contributed by atoms with Crippen LogP contribution >= 0.6 is 0 Å². The van der Waals surface area contributed by atoms with Gasteiger partial charge < -0.3 is 73.0 Å². The van der Waals surface area contributed by atoms with E-state index < -0.39 is 158 Å². The fraction of sp³-hybridized carbons (Fsp3) is 0.623. The predicted molar refractivity (Wildman–Crippen MR) is 284 cm³/mol. The first kappa shape index (κ1) is 62.3. The van der Waals surface area contributed by atoms with Crippen molar-refractivity contribution < 1.29 is 73.8 Å². The molecular weight excluding hydrogens is 1030 g/mol. The molecule has 10 atom stereocenters. The van der Waals surface area contributed by atoms with Gasteiger partial charge in [0.25, 0.3) is 0 Å². The van der Waals surface area contributed by atoms with Gasteiger partial charge in [0.15, 0.2) is 11.6 Å². The number of nitrogens with zero attached hydrogens (tertiary/aromatic N) is 2. The number of aromatic hydroxyl groups is 1. The van der Waals surface area contributed by atoms with Gasteiger partial charge in [-0.15, -0.1) is 12.3 Å². The average molecular weight is 1110 g/mol. The number of aliphatic hydroxyl groups is 3. The Morgan fingerprint density at radius 1 is 0.897 bits per heavy atom. The number of benzene rings is 1. The summed E-state index contributed by atoms with van der Waals surface area (Å²) in [6.45, 7) is 3.15. The molecule has 13 N–H and O–H groups in total. The van der Waals surface area contributed by atoms with E-state index in [1.54, 1.807) is 19.9 Å². The zero-order valence-electron chi connectivity index (χ0n) is 44.3. The molecule has 24 nitrogen and oxygen atoms in total. The van der Waals surface area contributed by atoms with Crippen LogP contribution in [0.1, 0.15) is 97.0 Å². The van der Waals surface area contributed by atoms with Gasteiger partial charge in [0.05, 0.1) is 49.4 Å². The standard InChI is InChI=1S/C53H73N9O14S.H2O/c1-5-7-8-9-32(64)16-29-12-14-61(15-13-29)48-38(66)11-10-34-35-17-30-18-40(68)46(28(4)41(69)25-63)59-50(74)37-21-33(65)24-62(37)53(76)31(20-42(54)70)19-39(67)36(26-77-52(35)60-47(34)48)57-43(71)22-56-51(75)45(27(3)6-2)58-44(72)23-55-49(30)73;/h1,10-11,27-31,33,36-37,41,45-46,60,63,65-66,69H,6-9,12-26H2,2-4H3,(H2,54,70)(H,55,73)(H,56,75)(H,57,71)(H,58,72)(H,59,74);1H2/t27-,28-,30-,31-,33+,36-,37-,41-,45-,46-;/m0./s1. The number of H-pyrrole nitrogens is 1. The predicted octanol–water partition coefficient (Wildman–Crippen LogP) is -1.87. The van der Waals surface area contributed by atoms with E-state index in [1.807, 2.05) is 4.90 Å². The Morgan fingerprint density at radius 3 is 2.23 bits per heavy atom. The van der Waals surface area contributed by atoms with Crippen LogP contribution in [-0.4, -0.2) is 176 Å². The molecule has 78 heavy (non-hydrogen) atoms. The van der Waals surface area contributed by atoms with Gasteiger partial charge in [-0.3, -0.25) is 47.9 Å². The fourth-order valence-electron chi connectivity index (χ4n) is 10.7. The molecule has 4 aliphatic heterocycles. The molecule has 2 fully saturated rings. The highest BCUT2D eigenvalue weighted by Crippen LogP contribution is 2.41. The number of terminal acetylenes is 1. The van der Waals surface area contributed by atoms with E-state index >= 15 is 0 Å². The third-order valence-electron chi connectivity index (χ3n) is 15.4. The van der Waals surface area contributed by atoms with E-state index in [-0.39, 0.29) is 41.5 Å². The minimum absolute atomic E-state index is 0. The van der Waals surface area contributed by atoms with Crippen LogP contribution in [0.3, 0.4) is 0 Å². The number of aromatic nitrogens is 1. The molecule has 6 rings (SSSR count). The number of aliphatic hydroxyl groups excluding tert-OH is 3. The number of unbranched alkanes of at least 4 members (excludes halogenated alkanes) is 1. The first-order valence-corrected chi connectivity index (χ1v) is 27.5. The molecule has 25 heteroatoms. The summed E-state index contributed by atoms with van der Waals surface area (Å²) in [5, 5.41) is 57.4. The summed E-state index contributed by atoms with van der Waals surface area (Å²) in [6.07, 6.45) is 3.38. The van der Waals surface area contributed by atoms with Crippen LogP contribution in [0.25, 0.3) is 10.9 Å². The molecule has 1 aromatic heterocycles. The molecule has 2 saturated heterocycles. The molecule has 7 amide bonds. The number of fused-ring (bicyclic) bond motifs is 5. The molecule has 0 unspecified atom stereocenters. The van der Waals surface area contributed by atoms with Gasteiger partial charge in [0.1, 0.15) is 41.1 Å². The van der Waals surface area contributed by atoms with Crippen LogP contribution in [0.4, 0.5) is 5.69 Å². The van der Waals surface area contributed by atoms with E-state index in [0.717, 1.165) is 4.90 Å². The summed E-state index contributed by atoms with van der Waals surface area (Å²) < 4.78 is 0. The minimum Gasteiger partial charge on any atom is -0.870 e. The Labute approximate surface area is 456 Å². The number of Topliss-reactive ketones (excluding diaryl/α,β-unsaturated/α-hetero) is 3. The van der Waals surface area contributed by atoms with Crippen LogP contribution in [0, 0.1) is 41.9 Å². The van der Waals surface area contributed by atoms with Gasteiger partial charge in [-0.25, -0.2) is 0 Å². The highest BCUT2D eigenvalue weighted by Gasteiger charge is 2.45. The molecule has 0 spiro atoms. The number of aromatic amines is 1. The van der Waals surface area contributed by atoms with Crippen molar-refractivity contribution in [2.75, 3.05) is 50.0 Å². The second-order valence-corrected chi connectivity index (χ2v) is 22.1. The van der Waals surface area contributed by atoms with Crippen LogP contribution in [0.5, 0.6) is 5.75 Å². The smallest absolute Gasteiger partial charge is 0.243 e. The Kier molecular flexibility index (Phi) is 22.6. The summed E-state index contributed by atoms with van der Waals surface area (Å²) >= 11 is 0.297. The number of carbonyl (C=O) groups excluding carboxylic acids is 10. The number of hydrogen-bond acceptors (Lipinski definition) is 16. The number of hydrogen-bond donors (Lipinski definition) is 11. The first-order valence-electron chi connectivity index (χ1n) is 26.4. The van der Waals surface area contributed by atoms with E-state index in [1.165, 1.54) is 13.0 Å². The zero-order valence-corrected chi connectivity index (χ0v) is 45.1. The Hall–Kier alpha value is -6.59. The van der Waals surface area contributed by atoms with Crippen molar-refractivity contribution in [3.63, 3.8) is 0 Å². The van der Waals surface area contributed by atoms with Crippen molar-refractivity contribution in [2.24, 2.45) is 35.3 Å². The lowest BCUT2D eigenvalue weighted by Crippen LogP contribution is -2.56. The number of rotatable bonds is 13. The van der Waals surface area contributed by atoms with E-state index in [0.29, 0.717) is 97.0 Å². The van der Waals surface area contributed by atoms with Crippen molar-refractivity contribution in [3.05, 3.63) is 17.7 Å². The maximum atomic E-state index is 14.9. The lowest BCUT2D eigenvalue weighted by atomic mass is 9.85. The summed E-state index contributed by atoms with van der Waals surface area (Å²) in [6, 6.07) is -2.63. The highest BCUT2D eigenvalue weighted by atomic mass is 32.2. The second kappa shape index (κ2) is 28.3. The first-order chi connectivity index (χ1) is 36.6. The van der Waals surface area contributed by atoms with Gasteiger partial charge in [-0.2, -0.15) is 0 Å². The topological polar surface area (TPSA) is 390 Å². The minimum atomic E-state index is -1.63. The van der Waals surface area contributed by atoms with Gasteiger partial charge in [0, 0.05) is 99.1 Å². The number of phenolic OH excluding ortho intramolecular Hbond substituents is 1. The molecule has 0 saturated carbocycles. The molecule has 4 aliphatic rings. The van der Waals surface area contributed by atoms with Crippen molar-refractivity contribution in [1.82, 2.24) is 36.5 Å². The Bertz CT molecular complexity index is 2610. The van der Waals surface area contributed by atoms with Crippen molar-refractivity contribution in [3.8, 4) is 18.1 Å². The SMILES string of the molecule is C#CCCCC(=O)CC1CCN(c2c(O)ccc3c4c([nH]c23)[SH+]C[C@@H]2NC(=O)CNC(=O)[C@H]([C@@H](C)CC)NC(=O)CNC(=O)[C@H](CC(=O)[C@H]([C@@H](C)[C@@H](O)CO)NC(=O)[C@@H]3C[C@@H](O)CN3C(=O)[C@H](CC(N)=O)CC2=O)C4)CC1.[OH-]. The highest BCUT2D eigenvalue weighted by molar-refractivity contribution is 7.78. The number of anilines is 1. The van der Waals surface area contributed by atoms with Crippen LogP contribution in [0.15, 0.2) is 17.2 Å². The number of thiol groups is 1. The summed E-state index contributed by atoms with van der Waals surface area (Å²) in [5.74, 6) is -9.71. The molecule has 1 aromatic carbocycles. The molecule has 2 aromatic rings. The van der Waals surface area contributed by atoms with E-state index in [2.05, 4.69) is 37.5 Å². The summed E-state index contributed by atoms with van der Waals surface area (Å²) in [4.78, 5) is 146. The number of amides is 7. The lowest BCUT2D eigenvalue weighted by molar-refractivity contribution is -0.145. The maximum Gasteiger partial charge on any atom is 0.243 e. The third kappa shape index (κ3) is 15.6. The number of nitrogens with two attached hydrogens (primary N) is 1. The molecule has 428 valence electrons. The largest absolute Gasteiger partial charge is 0.870 e. The van der Waals surface area contributed by atoms with Gasteiger partial charge in [-0.1, -0.05) is 27.2 Å². The zero-order chi connectivity index (χ0) is 56.2. The number of ketones is 3. The monoisotopic (exact) mass is 1110 g/mol. The van der Waals surface area contributed by atoms with Crippen molar-refractivity contribution in [2.45, 2.75) is 139 Å². The van der Waals surface area contributed by atoms with Crippen molar-refractivity contribution >= 4 is 87.1 Å². The molecule has 0 radical (unpaired) electrons. The summed E-state index contributed by atoms with van der Waals surface area (Å²) in [5.41, 5.74) is 6.88. The normalized spacial score (nSPS) is 25.9. The van der Waals surface area contributed by atoms with Gasteiger partial charge >= 0.3 is 0 Å². The van der Waals surface area contributed by atoms with E-state index in [9.17, 15) is 68.4 Å². The quantitative estimate of drug-likeness (QED) is 0.0453. The van der Waals surface area contributed by atoms with Crippen LogP contribution < -0.4 is 37.2 Å². The number of nitrogens with one attached hydrogen (secondary N) is 6. The van der Waals surface area contributed by atoms with Crippen LogP contribution in [-0.2, 0) is 66.1 Å². The van der Waals surface area contributed by atoms with Crippen molar-refractivity contribution in [1.29, 1.82) is 0 Å². The Morgan fingerprint density at radius 2 is 1.58 bits per heavy atom. The molecular formula is C53H75N9O15S. The summed E-state index contributed by atoms with van der Waals surface area (Å²) in [7, 11) is 0. The second-order valence-electron chi connectivity index (χ2n) is 21.0. The number of carbonyl (C=O) groups is 10.